The van der Waals surface area contributed by atoms with Gasteiger partial charge in [0.2, 0.25) is 5.91 Å². The molecule has 0 radical (unpaired) electrons. The monoisotopic (exact) mass is 337 g/mol. The Morgan fingerprint density at radius 2 is 2.05 bits per heavy atom. The van der Waals surface area contributed by atoms with Crippen LogP contribution in [0.3, 0.4) is 0 Å². The van der Waals surface area contributed by atoms with Crippen LogP contribution in [-0.2, 0) is 9.53 Å². The normalized spacial score (nSPS) is 24.5. The van der Waals surface area contributed by atoms with Crippen LogP contribution >= 0.6 is 15.9 Å². The number of carbonyl (C=O) groups is 1. The van der Waals surface area contributed by atoms with Gasteiger partial charge in [0.25, 0.3) is 0 Å². The molecule has 1 aliphatic carbocycles. The van der Waals surface area contributed by atoms with Crippen molar-refractivity contribution in [3.05, 3.63) is 34.3 Å². The molecule has 0 aromatic heterocycles. The van der Waals surface area contributed by atoms with E-state index in [9.17, 15) is 4.79 Å². The predicted octanol–water partition coefficient (Wildman–Crippen LogP) is 3.40. The summed E-state index contributed by atoms with van der Waals surface area (Å²) in [6.45, 7) is 4.11. The quantitative estimate of drug-likeness (QED) is 0.845. The van der Waals surface area contributed by atoms with Gasteiger partial charge in [-0.3, -0.25) is 4.79 Å². The molecule has 0 spiro atoms. The van der Waals surface area contributed by atoms with Crippen LogP contribution in [-0.4, -0.2) is 30.5 Å². The van der Waals surface area contributed by atoms with Crippen molar-refractivity contribution in [2.75, 3.05) is 19.7 Å². The van der Waals surface area contributed by atoms with Gasteiger partial charge in [0.1, 0.15) is 6.10 Å². The highest BCUT2D eigenvalue weighted by molar-refractivity contribution is 9.10. The number of hydrogen-bond donors (Lipinski definition) is 0. The van der Waals surface area contributed by atoms with Gasteiger partial charge >= 0.3 is 0 Å². The summed E-state index contributed by atoms with van der Waals surface area (Å²) in [5.41, 5.74) is 1.14. The molecule has 20 heavy (non-hydrogen) atoms. The molecule has 0 bridgehead atoms. The second kappa shape index (κ2) is 5.86. The van der Waals surface area contributed by atoms with E-state index in [4.69, 9.17) is 4.74 Å². The summed E-state index contributed by atoms with van der Waals surface area (Å²) in [5, 5.41) is 0. The number of amides is 1. The zero-order valence-corrected chi connectivity index (χ0v) is 13.3. The van der Waals surface area contributed by atoms with Crippen LogP contribution < -0.4 is 0 Å². The van der Waals surface area contributed by atoms with Crippen molar-refractivity contribution in [2.45, 2.75) is 25.9 Å². The molecule has 2 fully saturated rings. The second-order valence-corrected chi connectivity index (χ2v) is 6.74. The van der Waals surface area contributed by atoms with Crippen molar-refractivity contribution in [2.24, 2.45) is 11.8 Å². The molecule has 1 amide bonds. The van der Waals surface area contributed by atoms with Gasteiger partial charge in [0.15, 0.2) is 0 Å². The van der Waals surface area contributed by atoms with Gasteiger partial charge in [-0.2, -0.15) is 0 Å². The molecule has 108 valence electrons. The van der Waals surface area contributed by atoms with Gasteiger partial charge in [-0.15, -0.1) is 0 Å². The second-order valence-electron chi connectivity index (χ2n) is 5.82. The van der Waals surface area contributed by atoms with E-state index in [0.717, 1.165) is 16.6 Å². The maximum atomic E-state index is 12.5. The smallest absolute Gasteiger partial charge is 0.225 e. The summed E-state index contributed by atoms with van der Waals surface area (Å²) in [6, 6.07) is 8.17. The summed E-state index contributed by atoms with van der Waals surface area (Å²) in [7, 11) is 0. The Balaban J connectivity index is 1.66. The summed E-state index contributed by atoms with van der Waals surface area (Å²) in [6.07, 6.45) is 2.44. The summed E-state index contributed by atoms with van der Waals surface area (Å²) >= 11 is 3.44. The Bertz CT molecular complexity index is 484. The van der Waals surface area contributed by atoms with E-state index >= 15 is 0 Å². The molecular formula is C16H20BrNO2. The van der Waals surface area contributed by atoms with Crippen molar-refractivity contribution in [1.29, 1.82) is 0 Å². The number of ether oxygens (including phenoxy) is 1. The lowest BCUT2D eigenvalue weighted by molar-refractivity contribution is -0.143. The fourth-order valence-corrected chi connectivity index (χ4v) is 3.08. The maximum Gasteiger partial charge on any atom is 0.225 e. The average Bonchev–Trinajstić information content (AvgIpc) is 3.31. The molecule has 2 aliphatic rings. The largest absolute Gasteiger partial charge is 0.370 e. The number of morpholine rings is 1. The molecule has 4 heteroatoms. The van der Waals surface area contributed by atoms with Gasteiger partial charge in [-0.1, -0.05) is 35.0 Å². The summed E-state index contributed by atoms with van der Waals surface area (Å²) in [5.74, 6) is 1.10. The third kappa shape index (κ3) is 3.07. The average molecular weight is 338 g/mol. The highest BCUT2D eigenvalue weighted by Gasteiger charge is 2.36. The Kier molecular flexibility index (Phi) is 4.13. The minimum absolute atomic E-state index is 0.00667. The molecule has 3 nitrogen and oxygen atoms in total. The molecular weight excluding hydrogens is 318 g/mol. The number of hydrogen-bond acceptors (Lipinski definition) is 2. The molecule has 1 aliphatic heterocycles. The van der Waals surface area contributed by atoms with E-state index in [0.29, 0.717) is 25.0 Å². The van der Waals surface area contributed by atoms with Crippen molar-refractivity contribution in [1.82, 2.24) is 4.90 Å². The number of benzene rings is 1. The predicted molar refractivity (Wildman–Crippen MR) is 81.3 cm³/mol. The lowest BCUT2D eigenvalue weighted by Gasteiger charge is -2.34. The molecule has 1 saturated heterocycles. The van der Waals surface area contributed by atoms with E-state index in [1.165, 1.54) is 12.8 Å². The zero-order chi connectivity index (χ0) is 14.1. The number of rotatable bonds is 3. The first-order chi connectivity index (χ1) is 9.65. The van der Waals surface area contributed by atoms with E-state index in [1.807, 2.05) is 17.0 Å². The van der Waals surface area contributed by atoms with Crippen LogP contribution in [0.1, 0.15) is 31.4 Å². The van der Waals surface area contributed by atoms with Crippen molar-refractivity contribution in [3.63, 3.8) is 0 Å². The van der Waals surface area contributed by atoms with E-state index in [-0.39, 0.29) is 12.0 Å². The molecule has 1 saturated carbocycles. The molecule has 2 unspecified atom stereocenters. The Morgan fingerprint density at radius 3 is 2.70 bits per heavy atom. The topological polar surface area (TPSA) is 29.5 Å². The highest BCUT2D eigenvalue weighted by Crippen LogP contribution is 2.38. The summed E-state index contributed by atoms with van der Waals surface area (Å²) < 4.78 is 6.89. The number of nitrogens with zero attached hydrogens (tertiary/aromatic N) is 1. The van der Waals surface area contributed by atoms with E-state index in [1.54, 1.807) is 0 Å². The SMILES string of the molecule is CC(C(=O)N1CCOC(c2ccc(Br)cc2)C1)C1CC1. The third-order valence-electron chi connectivity index (χ3n) is 4.34. The first kappa shape index (κ1) is 14.1. The first-order valence-electron chi connectivity index (χ1n) is 7.31. The van der Waals surface area contributed by atoms with Gasteiger partial charge in [0.05, 0.1) is 13.2 Å². The molecule has 1 heterocycles. The minimum atomic E-state index is 0.00667. The Labute approximate surface area is 128 Å². The Morgan fingerprint density at radius 1 is 1.35 bits per heavy atom. The van der Waals surface area contributed by atoms with Crippen molar-refractivity contribution >= 4 is 21.8 Å². The highest BCUT2D eigenvalue weighted by atomic mass is 79.9. The molecule has 1 aromatic carbocycles. The van der Waals surface area contributed by atoms with Gasteiger partial charge < -0.3 is 9.64 Å². The lowest BCUT2D eigenvalue weighted by Crippen LogP contribution is -2.44. The van der Waals surface area contributed by atoms with E-state index in [2.05, 4.69) is 35.0 Å². The van der Waals surface area contributed by atoms with Crippen LogP contribution in [0.5, 0.6) is 0 Å². The zero-order valence-electron chi connectivity index (χ0n) is 11.7. The van der Waals surface area contributed by atoms with E-state index < -0.39 is 0 Å². The fourth-order valence-electron chi connectivity index (χ4n) is 2.81. The van der Waals surface area contributed by atoms with Crippen LogP contribution in [0, 0.1) is 11.8 Å². The van der Waals surface area contributed by atoms with Crippen LogP contribution in [0.2, 0.25) is 0 Å². The molecule has 3 rings (SSSR count). The van der Waals surface area contributed by atoms with Crippen LogP contribution in [0.15, 0.2) is 28.7 Å². The molecule has 2 atom stereocenters. The Hall–Kier alpha value is -0.870. The number of halogens is 1. The fraction of sp³-hybridized carbons (Fsp3) is 0.562. The van der Waals surface area contributed by atoms with Crippen LogP contribution in [0.25, 0.3) is 0 Å². The van der Waals surface area contributed by atoms with Crippen LogP contribution in [0.4, 0.5) is 0 Å². The standard InChI is InChI=1S/C16H20BrNO2/c1-11(12-2-3-12)16(19)18-8-9-20-15(10-18)13-4-6-14(17)7-5-13/h4-7,11-12,15H,2-3,8-10H2,1H3. The van der Waals surface area contributed by atoms with Crippen molar-refractivity contribution in [3.8, 4) is 0 Å². The first-order valence-corrected chi connectivity index (χ1v) is 8.10. The van der Waals surface area contributed by atoms with Crippen molar-refractivity contribution < 1.29 is 9.53 Å². The minimum Gasteiger partial charge on any atom is -0.370 e. The molecule has 1 aromatic rings. The van der Waals surface area contributed by atoms with Gasteiger partial charge in [-0.25, -0.2) is 0 Å². The van der Waals surface area contributed by atoms with Gasteiger partial charge in [-0.05, 0) is 36.5 Å². The van der Waals surface area contributed by atoms with Gasteiger partial charge in [0, 0.05) is 16.9 Å². The maximum absolute atomic E-state index is 12.5. The lowest BCUT2D eigenvalue weighted by atomic mass is 10.0. The third-order valence-corrected chi connectivity index (χ3v) is 4.87. The molecule has 0 N–H and O–H groups in total. The summed E-state index contributed by atoms with van der Waals surface area (Å²) in [4.78, 5) is 14.5. The number of carbonyl (C=O) groups excluding carboxylic acids is 1.